The highest BCUT2D eigenvalue weighted by atomic mass is 32.2. The summed E-state index contributed by atoms with van der Waals surface area (Å²) in [5, 5.41) is 23.6. The number of nitrogens with zero attached hydrogens (tertiary/aromatic N) is 3. The largest absolute Gasteiger partial charge is 0.326 e. The smallest absolute Gasteiger partial charge is 0.271 e. The number of hydrogen-bond acceptors (Lipinski definition) is 6. The lowest BCUT2D eigenvalue weighted by Crippen LogP contribution is -2.13. The molecule has 0 fully saturated rings. The van der Waals surface area contributed by atoms with Gasteiger partial charge < -0.3 is 5.32 Å². The summed E-state index contributed by atoms with van der Waals surface area (Å²) in [4.78, 5) is 27.4. The van der Waals surface area contributed by atoms with E-state index in [9.17, 15) is 20.2 Å². The molecule has 3 rings (SSSR count). The van der Waals surface area contributed by atoms with Crippen LogP contribution in [-0.4, -0.2) is 21.6 Å². The molecule has 1 amide bonds. The third kappa shape index (κ3) is 5.68. The van der Waals surface area contributed by atoms with Crippen LogP contribution in [-0.2, 0) is 4.79 Å². The van der Waals surface area contributed by atoms with E-state index in [1.54, 1.807) is 19.1 Å². The Kier molecular flexibility index (Phi) is 7.00. The SMILES string of the molecule is Cc1ccc(-c2ccc(C#N)c(SCCC(=O)Nc3cc([N+](=O)[O-])ccc3C)n2)cc1. The average molecular weight is 433 g/mol. The Morgan fingerprint density at radius 3 is 2.58 bits per heavy atom. The first-order chi connectivity index (χ1) is 14.9. The standard InChI is InChI=1S/C23H20N4O3S/c1-15-3-6-17(7-4-15)20-10-8-18(14-24)23(26-20)31-12-11-22(28)25-21-13-19(27(29)30)9-5-16(21)2/h3-10,13H,11-12H2,1-2H3,(H,25,28). The molecule has 0 bridgehead atoms. The Balaban J connectivity index is 1.66. The molecule has 0 aliphatic heterocycles. The fourth-order valence-corrected chi connectivity index (χ4v) is 3.74. The molecule has 7 nitrogen and oxygen atoms in total. The van der Waals surface area contributed by atoms with Gasteiger partial charge in [0.2, 0.25) is 5.91 Å². The summed E-state index contributed by atoms with van der Waals surface area (Å²) >= 11 is 1.33. The highest BCUT2D eigenvalue weighted by Crippen LogP contribution is 2.27. The van der Waals surface area contributed by atoms with Gasteiger partial charge in [0.15, 0.2) is 0 Å². The summed E-state index contributed by atoms with van der Waals surface area (Å²) in [6.45, 7) is 3.78. The number of rotatable bonds is 7. The molecule has 0 aliphatic rings. The van der Waals surface area contributed by atoms with Gasteiger partial charge in [-0.1, -0.05) is 35.9 Å². The number of nitriles is 1. The van der Waals surface area contributed by atoms with Crippen LogP contribution in [0, 0.1) is 35.3 Å². The molecule has 3 aromatic rings. The number of nitro groups is 1. The van der Waals surface area contributed by atoms with E-state index in [1.807, 2.05) is 37.3 Å². The van der Waals surface area contributed by atoms with Gasteiger partial charge in [0, 0.05) is 29.9 Å². The number of nitro benzene ring substituents is 1. The molecule has 0 unspecified atom stereocenters. The van der Waals surface area contributed by atoms with Crippen LogP contribution >= 0.6 is 11.8 Å². The van der Waals surface area contributed by atoms with Crippen molar-refractivity contribution >= 4 is 29.0 Å². The minimum Gasteiger partial charge on any atom is -0.326 e. The van der Waals surface area contributed by atoms with E-state index in [1.165, 1.54) is 23.9 Å². The minimum atomic E-state index is -0.499. The molecule has 156 valence electrons. The van der Waals surface area contributed by atoms with Crippen LogP contribution in [0.4, 0.5) is 11.4 Å². The van der Waals surface area contributed by atoms with Gasteiger partial charge in [0.25, 0.3) is 5.69 Å². The molecule has 31 heavy (non-hydrogen) atoms. The van der Waals surface area contributed by atoms with E-state index in [0.29, 0.717) is 22.0 Å². The van der Waals surface area contributed by atoms with Crippen molar-refractivity contribution in [3.8, 4) is 17.3 Å². The second-order valence-electron chi connectivity index (χ2n) is 6.93. The van der Waals surface area contributed by atoms with Crippen molar-refractivity contribution in [1.82, 2.24) is 4.98 Å². The Morgan fingerprint density at radius 1 is 1.16 bits per heavy atom. The summed E-state index contributed by atoms with van der Waals surface area (Å²) in [7, 11) is 0. The average Bonchev–Trinajstić information content (AvgIpc) is 2.75. The maximum atomic E-state index is 12.3. The molecule has 0 atom stereocenters. The van der Waals surface area contributed by atoms with Crippen LogP contribution < -0.4 is 5.32 Å². The van der Waals surface area contributed by atoms with E-state index >= 15 is 0 Å². The number of nitrogens with one attached hydrogen (secondary N) is 1. The molecule has 0 radical (unpaired) electrons. The molecule has 1 heterocycles. The van der Waals surface area contributed by atoms with Gasteiger partial charge in [-0.2, -0.15) is 5.26 Å². The lowest BCUT2D eigenvalue weighted by molar-refractivity contribution is -0.384. The third-order valence-electron chi connectivity index (χ3n) is 4.60. The number of hydrogen-bond donors (Lipinski definition) is 1. The van der Waals surface area contributed by atoms with Gasteiger partial charge in [-0.15, -0.1) is 11.8 Å². The van der Waals surface area contributed by atoms with E-state index in [4.69, 9.17) is 0 Å². The number of non-ortho nitro benzene ring substituents is 1. The summed E-state index contributed by atoms with van der Waals surface area (Å²) in [5.41, 5.74) is 4.40. The monoisotopic (exact) mass is 432 g/mol. The van der Waals surface area contributed by atoms with E-state index in [2.05, 4.69) is 16.4 Å². The van der Waals surface area contributed by atoms with Crippen molar-refractivity contribution in [2.75, 3.05) is 11.1 Å². The topological polar surface area (TPSA) is 109 Å². The van der Waals surface area contributed by atoms with Crippen LogP contribution in [0.1, 0.15) is 23.1 Å². The third-order valence-corrected chi connectivity index (χ3v) is 5.59. The number of thioether (sulfide) groups is 1. The van der Waals surface area contributed by atoms with Crippen molar-refractivity contribution in [3.05, 3.63) is 81.4 Å². The Bertz CT molecular complexity index is 1170. The molecule has 8 heteroatoms. The normalized spacial score (nSPS) is 10.4. The second-order valence-corrected chi connectivity index (χ2v) is 8.01. The number of amides is 1. The summed E-state index contributed by atoms with van der Waals surface area (Å²) in [5.74, 6) is 0.156. The predicted octanol–water partition coefficient (Wildman–Crippen LogP) is 5.27. The fourth-order valence-electron chi connectivity index (χ4n) is 2.83. The number of carbonyl (C=O) groups excluding carboxylic acids is 1. The molecule has 1 N–H and O–H groups in total. The zero-order valence-corrected chi connectivity index (χ0v) is 17.9. The van der Waals surface area contributed by atoms with Gasteiger partial charge >= 0.3 is 0 Å². The van der Waals surface area contributed by atoms with Gasteiger partial charge in [0.05, 0.1) is 21.9 Å². The first kappa shape index (κ1) is 22.0. The summed E-state index contributed by atoms with van der Waals surface area (Å²) < 4.78 is 0. The maximum absolute atomic E-state index is 12.3. The van der Waals surface area contributed by atoms with Gasteiger partial charge in [-0.3, -0.25) is 14.9 Å². The van der Waals surface area contributed by atoms with Crippen LogP contribution in [0.15, 0.2) is 59.6 Å². The maximum Gasteiger partial charge on any atom is 0.271 e. The summed E-state index contributed by atoms with van der Waals surface area (Å²) in [6.07, 6.45) is 0.175. The van der Waals surface area contributed by atoms with Crippen LogP contribution in [0.3, 0.4) is 0 Å². The number of carbonyl (C=O) groups is 1. The Labute approximate surface area is 184 Å². The molecule has 0 saturated heterocycles. The number of anilines is 1. The van der Waals surface area contributed by atoms with Crippen molar-refractivity contribution in [2.24, 2.45) is 0 Å². The number of aromatic nitrogens is 1. The molecule has 1 aromatic heterocycles. The van der Waals surface area contributed by atoms with Crippen molar-refractivity contribution in [3.63, 3.8) is 0 Å². The molecular weight excluding hydrogens is 412 g/mol. The van der Waals surface area contributed by atoms with Gasteiger partial charge in [0.1, 0.15) is 11.1 Å². The lowest BCUT2D eigenvalue weighted by atomic mass is 10.1. The first-order valence-corrected chi connectivity index (χ1v) is 10.5. The zero-order valence-electron chi connectivity index (χ0n) is 17.1. The number of pyridine rings is 1. The molecular formula is C23H20N4O3S. The van der Waals surface area contributed by atoms with Gasteiger partial charge in [-0.05, 0) is 31.5 Å². The molecule has 0 spiro atoms. The molecule has 0 aliphatic carbocycles. The molecule has 0 saturated carbocycles. The van der Waals surface area contributed by atoms with Crippen molar-refractivity contribution in [1.29, 1.82) is 5.26 Å². The van der Waals surface area contributed by atoms with Crippen molar-refractivity contribution in [2.45, 2.75) is 25.3 Å². The van der Waals surface area contributed by atoms with Crippen LogP contribution in [0.2, 0.25) is 0 Å². The minimum absolute atomic E-state index is 0.0777. The Morgan fingerprint density at radius 2 is 1.90 bits per heavy atom. The second kappa shape index (κ2) is 9.87. The van der Waals surface area contributed by atoms with Crippen LogP contribution in [0.5, 0.6) is 0 Å². The lowest BCUT2D eigenvalue weighted by Gasteiger charge is -2.09. The van der Waals surface area contributed by atoms with Crippen LogP contribution in [0.25, 0.3) is 11.3 Å². The number of benzene rings is 2. The highest BCUT2D eigenvalue weighted by Gasteiger charge is 2.13. The van der Waals surface area contributed by atoms with Gasteiger partial charge in [-0.25, -0.2) is 4.98 Å². The quantitative estimate of drug-likeness (QED) is 0.310. The summed E-state index contributed by atoms with van der Waals surface area (Å²) in [6, 6.07) is 18.0. The molecule has 2 aromatic carbocycles. The Hall–Kier alpha value is -3.70. The zero-order chi connectivity index (χ0) is 22.4. The highest BCUT2D eigenvalue weighted by molar-refractivity contribution is 7.99. The van der Waals surface area contributed by atoms with E-state index in [0.717, 1.165) is 22.4 Å². The first-order valence-electron chi connectivity index (χ1n) is 9.53. The van der Waals surface area contributed by atoms with E-state index < -0.39 is 4.92 Å². The fraction of sp³-hybridized carbons (Fsp3) is 0.174. The predicted molar refractivity (Wildman–Crippen MR) is 121 cm³/mol. The van der Waals surface area contributed by atoms with E-state index in [-0.39, 0.29) is 18.0 Å². The van der Waals surface area contributed by atoms with Crippen molar-refractivity contribution < 1.29 is 9.72 Å². The number of aryl methyl sites for hydroxylation is 2.